The second-order valence-corrected chi connectivity index (χ2v) is 7.33. The van der Waals surface area contributed by atoms with Gasteiger partial charge in [0.1, 0.15) is 0 Å². The minimum atomic E-state index is 0.136. The summed E-state index contributed by atoms with van der Waals surface area (Å²) in [4.78, 5) is 2.50. The van der Waals surface area contributed by atoms with Gasteiger partial charge >= 0.3 is 0 Å². The van der Waals surface area contributed by atoms with E-state index in [1.807, 2.05) is 13.0 Å². The molecular formula is C17H27ClN2. The summed E-state index contributed by atoms with van der Waals surface area (Å²) < 4.78 is 0. The van der Waals surface area contributed by atoms with Crippen molar-refractivity contribution in [3.63, 3.8) is 0 Å². The summed E-state index contributed by atoms with van der Waals surface area (Å²) in [5.74, 6) is 0. The predicted molar refractivity (Wildman–Crippen MR) is 88.7 cm³/mol. The molecule has 1 aliphatic heterocycles. The lowest BCUT2D eigenvalue weighted by molar-refractivity contribution is 0.325. The zero-order valence-corrected chi connectivity index (χ0v) is 13.7. The molecule has 1 atom stereocenters. The van der Waals surface area contributed by atoms with Crippen molar-refractivity contribution in [2.75, 3.05) is 18.0 Å². The van der Waals surface area contributed by atoms with Gasteiger partial charge in [-0.3, -0.25) is 0 Å². The number of hydrogen-bond donors (Lipinski definition) is 1. The predicted octanol–water partition coefficient (Wildman–Crippen LogP) is 4.25. The molecule has 1 aliphatic rings. The maximum absolute atomic E-state index is 6.41. The number of hydrogen-bond acceptors (Lipinski definition) is 2. The maximum atomic E-state index is 6.41. The molecule has 0 bridgehead atoms. The normalized spacial score (nSPS) is 20.6. The minimum absolute atomic E-state index is 0.136. The van der Waals surface area contributed by atoms with Crippen LogP contribution in [0.4, 0.5) is 5.69 Å². The summed E-state index contributed by atoms with van der Waals surface area (Å²) in [6, 6.07) is 6.36. The molecule has 2 N–H and O–H groups in total. The van der Waals surface area contributed by atoms with E-state index < -0.39 is 0 Å². The van der Waals surface area contributed by atoms with E-state index in [0.29, 0.717) is 5.41 Å². The molecule has 0 spiro atoms. The van der Waals surface area contributed by atoms with Crippen LogP contribution in [-0.2, 0) is 6.42 Å². The van der Waals surface area contributed by atoms with Crippen LogP contribution < -0.4 is 10.6 Å². The molecule has 1 fully saturated rings. The highest BCUT2D eigenvalue weighted by Gasteiger charge is 2.24. The molecule has 2 nitrogen and oxygen atoms in total. The van der Waals surface area contributed by atoms with Crippen LogP contribution in [0.3, 0.4) is 0 Å². The van der Waals surface area contributed by atoms with Gasteiger partial charge in [0.25, 0.3) is 0 Å². The zero-order chi connectivity index (χ0) is 14.8. The van der Waals surface area contributed by atoms with Crippen molar-refractivity contribution in [3.05, 3.63) is 28.8 Å². The van der Waals surface area contributed by atoms with Crippen LogP contribution in [0.25, 0.3) is 0 Å². The molecule has 1 heterocycles. The van der Waals surface area contributed by atoms with E-state index in [1.165, 1.54) is 30.5 Å². The van der Waals surface area contributed by atoms with Gasteiger partial charge in [-0.05, 0) is 55.7 Å². The highest BCUT2D eigenvalue weighted by molar-refractivity contribution is 6.31. The van der Waals surface area contributed by atoms with Gasteiger partial charge in [0, 0.05) is 29.8 Å². The van der Waals surface area contributed by atoms with Gasteiger partial charge in [-0.15, -0.1) is 0 Å². The van der Waals surface area contributed by atoms with Gasteiger partial charge in [-0.25, -0.2) is 0 Å². The Kier molecular flexibility index (Phi) is 4.98. The quantitative estimate of drug-likeness (QED) is 0.903. The van der Waals surface area contributed by atoms with Crippen molar-refractivity contribution in [2.24, 2.45) is 11.1 Å². The van der Waals surface area contributed by atoms with Crippen LogP contribution in [-0.4, -0.2) is 19.1 Å². The molecule has 0 aromatic heterocycles. The molecule has 0 amide bonds. The van der Waals surface area contributed by atoms with Crippen LogP contribution in [0.15, 0.2) is 18.2 Å². The monoisotopic (exact) mass is 294 g/mol. The number of benzene rings is 1. The van der Waals surface area contributed by atoms with Gasteiger partial charge in [0.2, 0.25) is 0 Å². The smallest absolute Gasteiger partial charge is 0.0459 e. The van der Waals surface area contributed by atoms with E-state index in [0.717, 1.165) is 24.5 Å². The lowest BCUT2D eigenvalue weighted by Crippen LogP contribution is -2.27. The van der Waals surface area contributed by atoms with Crippen LogP contribution in [0.5, 0.6) is 0 Å². The van der Waals surface area contributed by atoms with Crippen molar-refractivity contribution in [1.82, 2.24) is 0 Å². The third-order valence-corrected chi connectivity index (χ3v) is 4.66. The standard InChI is InChI=1S/C17H27ClN2/c1-13(19)12-14-15(18)6-4-7-16(14)20-10-5-8-17(2,3)9-11-20/h4,6-7,13H,5,8-12,19H2,1-3H3. The Morgan fingerprint density at radius 1 is 1.30 bits per heavy atom. The Bertz CT molecular complexity index is 454. The molecule has 0 aliphatic carbocycles. The van der Waals surface area contributed by atoms with Crippen LogP contribution >= 0.6 is 11.6 Å². The van der Waals surface area contributed by atoms with Gasteiger partial charge in [0.15, 0.2) is 0 Å². The highest BCUT2D eigenvalue weighted by atomic mass is 35.5. The summed E-state index contributed by atoms with van der Waals surface area (Å²) in [6.45, 7) is 9.02. The Hall–Kier alpha value is -0.730. The first-order valence-corrected chi connectivity index (χ1v) is 8.05. The lowest BCUT2D eigenvalue weighted by atomic mass is 9.85. The minimum Gasteiger partial charge on any atom is -0.371 e. The van der Waals surface area contributed by atoms with Crippen LogP contribution in [0, 0.1) is 5.41 Å². The molecule has 3 heteroatoms. The van der Waals surface area contributed by atoms with Crippen LogP contribution in [0.2, 0.25) is 5.02 Å². The van der Waals surface area contributed by atoms with E-state index in [1.54, 1.807) is 0 Å². The Balaban J connectivity index is 2.25. The Morgan fingerprint density at radius 2 is 2.05 bits per heavy atom. The second-order valence-electron chi connectivity index (χ2n) is 6.92. The number of nitrogens with two attached hydrogens (primary N) is 1. The van der Waals surface area contributed by atoms with Crippen molar-refractivity contribution in [3.8, 4) is 0 Å². The van der Waals surface area contributed by atoms with E-state index in [9.17, 15) is 0 Å². The van der Waals surface area contributed by atoms with Gasteiger partial charge < -0.3 is 10.6 Å². The van der Waals surface area contributed by atoms with Crippen molar-refractivity contribution in [2.45, 2.75) is 52.5 Å². The number of nitrogens with zero attached hydrogens (tertiary/aromatic N) is 1. The third-order valence-electron chi connectivity index (χ3n) is 4.30. The fourth-order valence-corrected chi connectivity index (χ4v) is 3.28. The molecular weight excluding hydrogens is 268 g/mol. The SMILES string of the molecule is CC(N)Cc1c(Cl)cccc1N1CCCC(C)(C)CC1. The first kappa shape index (κ1) is 15.7. The molecule has 112 valence electrons. The highest BCUT2D eigenvalue weighted by Crippen LogP contribution is 2.34. The average molecular weight is 295 g/mol. The second kappa shape index (κ2) is 6.36. The zero-order valence-electron chi connectivity index (χ0n) is 13.0. The largest absolute Gasteiger partial charge is 0.371 e. The maximum Gasteiger partial charge on any atom is 0.0459 e. The third kappa shape index (κ3) is 3.89. The first-order valence-electron chi connectivity index (χ1n) is 7.67. The number of halogens is 1. The lowest BCUT2D eigenvalue weighted by Gasteiger charge is -2.28. The van der Waals surface area contributed by atoms with E-state index in [4.69, 9.17) is 17.3 Å². The van der Waals surface area contributed by atoms with Gasteiger partial charge in [-0.2, -0.15) is 0 Å². The first-order chi connectivity index (χ1) is 9.39. The van der Waals surface area contributed by atoms with Crippen molar-refractivity contribution >= 4 is 17.3 Å². The summed E-state index contributed by atoms with van der Waals surface area (Å²) in [5.41, 5.74) is 8.94. The van der Waals surface area contributed by atoms with Gasteiger partial charge in [0.05, 0.1) is 0 Å². The van der Waals surface area contributed by atoms with E-state index >= 15 is 0 Å². The molecule has 2 rings (SSSR count). The molecule has 0 radical (unpaired) electrons. The number of anilines is 1. The van der Waals surface area contributed by atoms with Crippen molar-refractivity contribution in [1.29, 1.82) is 0 Å². The summed E-state index contributed by atoms with van der Waals surface area (Å²) in [6.07, 6.45) is 4.62. The molecule has 1 saturated heterocycles. The van der Waals surface area contributed by atoms with Crippen molar-refractivity contribution < 1.29 is 0 Å². The topological polar surface area (TPSA) is 29.3 Å². The molecule has 1 aromatic rings. The fourth-order valence-electron chi connectivity index (χ4n) is 3.03. The van der Waals surface area contributed by atoms with Crippen LogP contribution in [0.1, 0.15) is 45.6 Å². The number of rotatable bonds is 3. The Labute approximate surface area is 128 Å². The summed E-state index contributed by atoms with van der Waals surface area (Å²) >= 11 is 6.41. The molecule has 20 heavy (non-hydrogen) atoms. The van der Waals surface area contributed by atoms with E-state index in [-0.39, 0.29) is 6.04 Å². The summed E-state index contributed by atoms with van der Waals surface area (Å²) in [7, 11) is 0. The molecule has 1 unspecified atom stereocenters. The van der Waals surface area contributed by atoms with E-state index in [2.05, 4.69) is 30.9 Å². The fraction of sp³-hybridized carbons (Fsp3) is 0.647. The van der Waals surface area contributed by atoms with Gasteiger partial charge in [-0.1, -0.05) is 31.5 Å². The summed E-state index contributed by atoms with van der Waals surface area (Å²) in [5, 5.41) is 0.850. The molecule has 0 saturated carbocycles. The Morgan fingerprint density at radius 3 is 2.75 bits per heavy atom. The molecule has 1 aromatic carbocycles. The average Bonchev–Trinajstić information content (AvgIpc) is 2.52.